The van der Waals surface area contributed by atoms with Crippen molar-refractivity contribution in [2.75, 3.05) is 114 Å². The number of rotatable bonds is 41. The van der Waals surface area contributed by atoms with E-state index in [1.165, 1.54) is 26.0 Å². The van der Waals surface area contributed by atoms with Crippen LogP contribution < -0.4 is 16.0 Å². The molecule has 22 nitrogen and oxygen atoms in total. The fourth-order valence-electron chi connectivity index (χ4n) is 9.67. The van der Waals surface area contributed by atoms with Gasteiger partial charge in [-0.2, -0.15) is 0 Å². The number of likely N-dealkylation sites (N-methyl/N-ethyl adjacent to an activating group) is 1. The highest BCUT2D eigenvalue weighted by atomic mass is 32.1. The Labute approximate surface area is 472 Å². The third-order valence-corrected chi connectivity index (χ3v) is 14.6. The number of likely N-dealkylation sites (tertiary alicyclic amines) is 1. The van der Waals surface area contributed by atoms with Crippen LogP contribution in [0.25, 0.3) is 0 Å². The normalized spacial score (nSPS) is 17.4. The van der Waals surface area contributed by atoms with Crippen LogP contribution in [0, 0.1) is 17.8 Å². The van der Waals surface area contributed by atoms with E-state index in [1.807, 2.05) is 74.8 Å². The number of hydrogen-bond donors (Lipinski definition) is 4. The second-order valence-electron chi connectivity index (χ2n) is 20.7. The molecule has 23 heteroatoms. The van der Waals surface area contributed by atoms with E-state index in [-0.39, 0.29) is 87.8 Å². The summed E-state index contributed by atoms with van der Waals surface area (Å²) in [5.74, 6) is -4.29. The van der Waals surface area contributed by atoms with E-state index in [0.29, 0.717) is 77.2 Å². The molecule has 0 spiro atoms. The second-order valence-corrected chi connectivity index (χ2v) is 21.1. The third-order valence-electron chi connectivity index (χ3n) is 14.1. The second kappa shape index (κ2) is 36.5. The van der Waals surface area contributed by atoms with Crippen LogP contribution >= 0.6 is 12.2 Å². The molecular formula is C56H90N6O16S. The molecule has 8 atom stereocenters. The highest BCUT2D eigenvalue weighted by Crippen LogP contribution is 2.31. The number of nitrogens with one attached hydrogen (secondary N) is 3. The minimum Gasteiger partial charge on any atom is -0.480 e. The molecule has 1 aromatic rings. The number of ether oxygens (including phenoxy) is 8. The number of carbonyl (C=O) groups excluding carboxylic acids is 6. The Kier molecular flexibility index (Phi) is 31.6. The number of amides is 6. The van der Waals surface area contributed by atoms with Gasteiger partial charge < -0.3 is 58.5 Å². The average molecular weight is 1140 g/mol. The van der Waals surface area contributed by atoms with Crippen LogP contribution in [-0.4, -0.2) is 222 Å². The Balaban J connectivity index is 1.40. The molecule has 2 heterocycles. The molecule has 0 bridgehead atoms. The number of benzene rings is 1. The first kappa shape index (κ1) is 68.5. The summed E-state index contributed by atoms with van der Waals surface area (Å²) in [6.45, 7) is 17.2. The number of carboxylic acid groups (broad SMARTS) is 1. The van der Waals surface area contributed by atoms with Crippen molar-refractivity contribution in [3.63, 3.8) is 0 Å². The van der Waals surface area contributed by atoms with Gasteiger partial charge >= 0.3 is 5.97 Å². The molecule has 0 saturated carbocycles. The van der Waals surface area contributed by atoms with Gasteiger partial charge in [0.2, 0.25) is 17.7 Å². The molecule has 1 saturated heterocycles. The van der Waals surface area contributed by atoms with E-state index in [1.54, 1.807) is 21.3 Å². The maximum atomic E-state index is 14.4. The molecule has 3 rings (SSSR count). The molecule has 79 heavy (non-hydrogen) atoms. The summed E-state index contributed by atoms with van der Waals surface area (Å²) < 4.78 is 45.1. The molecule has 0 aromatic heterocycles. The van der Waals surface area contributed by atoms with Crippen molar-refractivity contribution in [3.05, 3.63) is 48.0 Å². The zero-order chi connectivity index (χ0) is 58.5. The van der Waals surface area contributed by atoms with Gasteiger partial charge in [0, 0.05) is 57.7 Å². The topological polar surface area (TPSA) is 259 Å². The molecule has 0 radical (unpaired) electrons. The molecule has 1 fully saturated rings. The Bertz CT molecular complexity index is 2080. The largest absolute Gasteiger partial charge is 0.480 e. The monoisotopic (exact) mass is 1130 g/mol. The van der Waals surface area contributed by atoms with Crippen LogP contribution in [-0.2, 0) is 77.9 Å². The molecule has 4 N–H and O–H groups in total. The fraction of sp³-hybridized carbons (Fsp3) is 0.714. The van der Waals surface area contributed by atoms with E-state index in [2.05, 4.69) is 16.0 Å². The standard InChI is InChI=1S/C56H90N6O16S/c1-11-39(4)50(44(71-9)37-48(66)61-22-15-18-43(61)51(72-10)40(5)53(79)57-42(54(68)69)36-41-16-13-12-14-17-41)60(8)49(38(2)3)52(67)58-55(70)56(6,7)59-45(63)21-24-73-26-28-75-30-32-77-34-35-78-33-31-76-29-27-74-25-23-62-46(64)19-20-47(62)65/h12-14,16-17,19-20,38-40,42-44,49-51H,11,15,18,21-37H2,1-10H3,(H,57,79)(H,59,63)(H,68,69)(H,58,67,70)/t39-,40+,42-,43-,44+,49-,50-,51+/m0/s1. The Hall–Kier alpha value is -4.82. The van der Waals surface area contributed by atoms with Crippen molar-refractivity contribution in [2.45, 2.75) is 129 Å². The number of methoxy groups -OCH3 is 2. The molecule has 446 valence electrons. The third kappa shape index (κ3) is 23.3. The lowest BCUT2D eigenvalue weighted by atomic mass is 9.87. The summed E-state index contributed by atoms with van der Waals surface area (Å²) in [5.41, 5.74) is -0.598. The van der Waals surface area contributed by atoms with Crippen molar-refractivity contribution in [1.82, 2.24) is 30.7 Å². The zero-order valence-electron chi connectivity index (χ0n) is 48.2. The molecule has 6 amide bonds. The van der Waals surface area contributed by atoms with Crippen LogP contribution in [0.15, 0.2) is 42.5 Å². The minimum absolute atomic E-state index is 0.00168. The van der Waals surface area contributed by atoms with Gasteiger partial charge in [-0.05, 0) is 51.1 Å². The van der Waals surface area contributed by atoms with Gasteiger partial charge in [0.1, 0.15) is 11.6 Å². The number of hydrogen-bond acceptors (Lipinski definition) is 17. The van der Waals surface area contributed by atoms with Crippen LogP contribution in [0.2, 0.25) is 0 Å². The van der Waals surface area contributed by atoms with Crippen LogP contribution in [0.3, 0.4) is 0 Å². The number of nitrogens with zero attached hydrogens (tertiary/aromatic N) is 3. The van der Waals surface area contributed by atoms with Gasteiger partial charge in [0.15, 0.2) is 0 Å². The van der Waals surface area contributed by atoms with Gasteiger partial charge in [-0.25, -0.2) is 4.79 Å². The highest BCUT2D eigenvalue weighted by molar-refractivity contribution is 7.80. The van der Waals surface area contributed by atoms with Gasteiger partial charge in [-0.1, -0.05) is 83.6 Å². The predicted molar refractivity (Wildman–Crippen MR) is 298 cm³/mol. The smallest absolute Gasteiger partial charge is 0.326 e. The maximum absolute atomic E-state index is 14.4. The van der Waals surface area contributed by atoms with Gasteiger partial charge in [-0.3, -0.25) is 43.9 Å². The van der Waals surface area contributed by atoms with Crippen LogP contribution in [0.5, 0.6) is 0 Å². The van der Waals surface area contributed by atoms with E-state index in [9.17, 15) is 38.7 Å². The zero-order valence-corrected chi connectivity index (χ0v) is 49.0. The summed E-state index contributed by atoms with van der Waals surface area (Å²) in [4.78, 5) is 95.7. The molecule has 0 aliphatic carbocycles. The van der Waals surface area contributed by atoms with E-state index < -0.39 is 65.5 Å². The highest BCUT2D eigenvalue weighted by Gasteiger charge is 2.44. The quantitative estimate of drug-likeness (QED) is 0.0417. The van der Waals surface area contributed by atoms with Gasteiger partial charge in [-0.15, -0.1) is 0 Å². The van der Waals surface area contributed by atoms with Gasteiger partial charge in [0.05, 0.1) is 122 Å². The molecule has 1 aromatic carbocycles. The lowest BCUT2D eigenvalue weighted by Crippen LogP contribution is -2.62. The number of carboxylic acids is 1. The summed E-state index contributed by atoms with van der Waals surface area (Å²) in [7, 11) is 4.92. The minimum atomic E-state index is -1.45. The fourth-order valence-corrected chi connectivity index (χ4v) is 9.95. The summed E-state index contributed by atoms with van der Waals surface area (Å²) in [6.07, 6.45) is 3.60. The lowest BCUT2D eigenvalue weighted by Gasteiger charge is -2.43. The summed E-state index contributed by atoms with van der Waals surface area (Å²) >= 11 is 5.78. The number of carbonyl (C=O) groups is 7. The first-order chi connectivity index (χ1) is 37.7. The Morgan fingerprint density at radius 2 is 1.33 bits per heavy atom. The predicted octanol–water partition coefficient (Wildman–Crippen LogP) is 2.97. The van der Waals surface area contributed by atoms with Crippen LogP contribution in [0.1, 0.15) is 86.1 Å². The maximum Gasteiger partial charge on any atom is 0.326 e. The molecule has 0 unspecified atom stereocenters. The number of imide groups is 2. The first-order valence-electron chi connectivity index (χ1n) is 27.5. The van der Waals surface area contributed by atoms with Crippen molar-refractivity contribution in [3.8, 4) is 0 Å². The van der Waals surface area contributed by atoms with Crippen molar-refractivity contribution in [2.24, 2.45) is 17.8 Å². The van der Waals surface area contributed by atoms with Crippen molar-refractivity contribution < 1.29 is 76.6 Å². The van der Waals surface area contributed by atoms with Crippen LogP contribution in [0.4, 0.5) is 0 Å². The van der Waals surface area contributed by atoms with E-state index in [4.69, 9.17) is 50.1 Å². The summed E-state index contributed by atoms with van der Waals surface area (Å²) in [5, 5.41) is 18.4. The first-order valence-corrected chi connectivity index (χ1v) is 27.9. The average Bonchev–Trinajstić information content (AvgIpc) is 4.05. The number of thiocarbonyl (C=S) groups is 1. The van der Waals surface area contributed by atoms with Gasteiger partial charge in [0.25, 0.3) is 17.7 Å². The molecular weight excluding hydrogens is 1040 g/mol. The van der Waals surface area contributed by atoms with E-state index >= 15 is 0 Å². The SMILES string of the molecule is CC[C@H](C)[C@@H]([C@@H](CC(=O)N1CCC[C@H]1[C@H](OC)[C@@H](C)C(=S)N[C@@H](Cc1ccccc1)C(=O)O)OC)N(C)[C@H](C(=O)NC(=O)C(C)(C)NC(=O)CCOCCOCCOCCOCCOCCOCCN1C(=O)C=CC1=O)C(C)C. The molecule has 2 aliphatic heterocycles. The lowest BCUT2D eigenvalue weighted by molar-refractivity contribution is -0.143. The number of aliphatic carboxylic acids is 1. The van der Waals surface area contributed by atoms with E-state index in [0.717, 1.165) is 16.9 Å². The molecule has 2 aliphatic rings. The van der Waals surface area contributed by atoms with Crippen molar-refractivity contribution in [1.29, 1.82) is 0 Å². The Morgan fingerprint density at radius 3 is 1.82 bits per heavy atom. The summed E-state index contributed by atoms with van der Waals surface area (Å²) in [6, 6.07) is 6.76. The Morgan fingerprint density at radius 1 is 0.797 bits per heavy atom. The van der Waals surface area contributed by atoms with Crippen molar-refractivity contribution >= 4 is 58.6 Å².